The third-order valence-electron chi connectivity index (χ3n) is 3.53. The summed E-state index contributed by atoms with van der Waals surface area (Å²) in [5, 5.41) is 3.11. The average molecular weight is 304 g/mol. The maximum atomic E-state index is 11.9. The first kappa shape index (κ1) is 15.0. The molecule has 2 unspecified atom stereocenters. The van der Waals surface area contributed by atoms with Crippen LogP contribution < -0.4 is 5.32 Å². The van der Waals surface area contributed by atoms with Crippen LogP contribution in [0.1, 0.15) is 65.2 Å². The van der Waals surface area contributed by atoms with Gasteiger partial charge in [-0.3, -0.25) is 4.79 Å². The summed E-state index contributed by atoms with van der Waals surface area (Å²) in [4.78, 5) is 12.4. The molecule has 1 aliphatic carbocycles. The Kier molecular flexibility index (Phi) is 7.17. The molecule has 0 aromatic carbocycles. The number of hydrogen-bond acceptors (Lipinski definition) is 1. The van der Waals surface area contributed by atoms with Gasteiger partial charge in [0.25, 0.3) is 0 Å². The van der Waals surface area contributed by atoms with Gasteiger partial charge < -0.3 is 5.32 Å². The SMILES string of the molecule is CC(Br)CC(C)NC(=O)CC1CCCCCC1. The number of nitrogens with one attached hydrogen (secondary N) is 1. The molecule has 1 saturated carbocycles. The second-order valence-corrected chi connectivity index (χ2v) is 7.11. The van der Waals surface area contributed by atoms with Gasteiger partial charge in [-0.2, -0.15) is 0 Å². The van der Waals surface area contributed by atoms with Crippen LogP contribution in [-0.2, 0) is 4.79 Å². The molecule has 2 nitrogen and oxygen atoms in total. The predicted octanol–water partition coefficient (Wildman–Crippen LogP) is 4.03. The van der Waals surface area contributed by atoms with Gasteiger partial charge in [-0.1, -0.05) is 48.5 Å². The first-order chi connectivity index (χ1) is 8.08. The van der Waals surface area contributed by atoms with E-state index in [9.17, 15) is 4.79 Å². The van der Waals surface area contributed by atoms with Crippen molar-refractivity contribution in [3.05, 3.63) is 0 Å². The summed E-state index contributed by atoms with van der Waals surface area (Å²) in [6.07, 6.45) is 9.56. The fourth-order valence-electron chi connectivity index (χ4n) is 2.71. The standard InChI is InChI=1S/C14H26BrNO/c1-11(15)9-12(2)16-14(17)10-13-7-5-3-4-6-8-13/h11-13H,3-10H2,1-2H3,(H,16,17). The average Bonchev–Trinajstić information content (AvgIpc) is 2.44. The van der Waals surface area contributed by atoms with Gasteiger partial charge in [-0.15, -0.1) is 0 Å². The topological polar surface area (TPSA) is 29.1 Å². The summed E-state index contributed by atoms with van der Waals surface area (Å²) in [5.41, 5.74) is 0. The van der Waals surface area contributed by atoms with Crippen LogP contribution in [0.4, 0.5) is 0 Å². The molecule has 1 N–H and O–H groups in total. The van der Waals surface area contributed by atoms with Crippen molar-refractivity contribution >= 4 is 21.8 Å². The molecule has 0 spiro atoms. The first-order valence-corrected chi connectivity index (χ1v) is 7.93. The molecule has 1 rings (SSSR count). The molecule has 0 radical (unpaired) electrons. The first-order valence-electron chi connectivity index (χ1n) is 7.01. The summed E-state index contributed by atoms with van der Waals surface area (Å²) < 4.78 is 0. The largest absolute Gasteiger partial charge is 0.354 e. The van der Waals surface area contributed by atoms with Gasteiger partial charge in [-0.25, -0.2) is 0 Å². The molecule has 1 aliphatic rings. The highest BCUT2D eigenvalue weighted by molar-refractivity contribution is 9.09. The Hall–Kier alpha value is -0.0500. The zero-order valence-corrected chi connectivity index (χ0v) is 12.8. The third kappa shape index (κ3) is 7.07. The van der Waals surface area contributed by atoms with Crippen LogP contribution in [0.2, 0.25) is 0 Å². The monoisotopic (exact) mass is 303 g/mol. The van der Waals surface area contributed by atoms with Crippen LogP contribution in [0.5, 0.6) is 0 Å². The summed E-state index contributed by atoms with van der Waals surface area (Å²) in [6, 6.07) is 0.280. The van der Waals surface area contributed by atoms with Crippen LogP contribution in [0.25, 0.3) is 0 Å². The molecule has 0 saturated heterocycles. The summed E-state index contributed by atoms with van der Waals surface area (Å²) in [7, 11) is 0. The lowest BCUT2D eigenvalue weighted by molar-refractivity contribution is -0.122. The fraction of sp³-hybridized carbons (Fsp3) is 0.929. The highest BCUT2D eigenvalue weighted by Crippen LogP contribution is 2.25. The van der Waals surface area contributed by atoms with E-state index in [0.717, 1.165) is 12.8 Å². The molecule has 1 amide bonds. The van der Waals surface area contributed by atoms with Crippen molar-refractivity contribution in [2.75, 3.05) is 0 Å². The molecule has 1 fully saturated rings. The highest BCUT2D eigenvalue weighted by atomic mass is 79.9. The number of amides is 1. The molecule has 100 valence electrons. The van der Waals surface area contributed by atoms with Gasteiger partial charge in [0.15, 0.2) is 0 Å². The molecule has 0 heterocycles. The van der Waals surface area contributed by atoms with Gasteiger partial charge in [-0.05, 0) is 32.1 Å². The number of carbonyl (C=O) groups excluding carboxylic acids is 1. The van der Waals surface area contributed by atoms with Crippen LogP contribution in [0.3, 0.4) is 0 Å². The zero-order chi connectivity index (χ0) is 12.7. The van der Waals surface area contributed by atoms with Gasteiger partial charge in [0.05, 0.1) is 0 Å². The van der Waals surface area contributed by atoms with Gasteiger partial charge >= 0.3 is 0 Å². The van der Waals surface area contributed by atoms with E-state index in [1.807, 2.05) is 0 Å². The van der Waals surface area contributed by atoms with E-state index < -0.39 is 0 Å². The van der Waals surface area contributed by atoms with Crippen LogP contribution in [-0.4, -0.2) is 16.8 Å². The van der Waals surface area contributed by atoms with Crippen LogP contribution in [0, 0.1) is 5.92 Å². The smallest absolute Gasteiger partial charge is 0.220 e. The number of alkyl halides is 1. The summed E-state index contributed by atoms with van der Waals surface area (Å²) in [5.74, 6) is 0.878. The maximum absolute atomic E-state index is 11.9. The van der Waals surface area contributed by atoms with Crippen molar-refractivity contribution in [1.82, 2.24) is 5.32 Å². The third-order valence-corrected chi connectivity index (χ3v) is 3.91. The van der Waals surface area contributed by atoms with Crippen molar-refractivity contribution in [3.8, 4) is 0 Å². The van der Waals surface area contributed by atoms with Gasteiger partial charge in [0.2, 0.25) is 5.91 Å². The van der Waals surface area contributed by atoms with E-state index >= 15 is 0 Å². The number of hydrogen-bond donors (Lipinski definition) is 1. The van der Waals surface area contributed by atoms with Crippen molar-refractivity contribution in [3.63, 3.8) is 0 Å². The molecule has 2 atom stereocenters. The normalized spacial score (nSPS) is 21.6. The second-order valence-electron chi connectivity index (χ2n) is 5.55. The van der Waals surface area contributed by atoms with E-state index in [1.54, 1.807) is 0 Å². The summed E-state index contributed by atoms with van der Waals surface area (Å²) in [6.45, 7) is 4.21. The van der Waals surface area contributed by atoms with Crippen molar-refractivity contribution in [2.45, 2.75) is 76.1 Å². The lowest BCUT2D eigenvalue weighted by atomic mass is 9.96. The van der Waals surface area contributed by atoms with E-state index in [-0.39, 0.29) is 11.9 Å². The van der Waals surface area contributed by atoms with Crippen molar-refractivity contribution in [2.24, 2.45) is 5.92 Å². The minimum Gasteiger partial charge on any atom is -0.354 e. The van der Waals surface area contributed by atoms with E-state index in [0.29, 0.717) is 10.7 Å². The quantitative estimate of drug-likeness (QED) is 0.603. The number of rotatable bonds is 5. The molecule has 0 aromatic rings. The van der Waals surface area contributed by atoms with E-state index in [1.165, 1.54) is 38.5 Å². The molecule has 0 aliphatic heterocycles. The Morgan fingerprint density at radius 3 is 2.35 bits per heavy atom. The van der Waals surface area contributed by atoms with Crippen LogP contribution >= 0.6 is 15.9 Å². The Morgan fingerprint density at radius 1 is 1.24 bits per heavy atom. The Bertz CT molecular complexity index is 222. The molecule has 0 bridgehead atoms. The molecule has 0 aromatic heterocycles. The second kappa shape index (κ2) is 8.12. The van der Waals surface area contributed by atoms with Crippen molar-refractivity contribution in [1.29, 1.82) is 0 Å². The molecule has 17 heavy (non-hydrogen) atoms. The Balaban J connectivity index is 2.23. The summed E-state index contributed by atoms with van der Waals surface area (Å²) >= 11 is 3.52. The van der Waals surface area contributed by atoms with Gasteiger partial charge in [0, 0.05) is 17.3 Å². The lowest BCUT2D eigenvalue weighted by Gasteiger charge is -2.18. The van der Waals surface area contributed by atoms with E-state index in [2.05, 4.69) is 35.1 Å². The minimum absolute atomic E-state index is 0.248. The maximum Gasteiger partial charge on any atom is 0.220 e. The predicted molar refractivity (Wildman–Crippen MR) is 76.4 cm³/mol. The lowest BCUT2D eigenvalue weighted by Crippen LogP contribution is -2.34. The molecular formula is C14H26BrNO. The Labute approximate surface area is 114 Å². The number of carbonyl (C=O) groups is 1. The highest BCUT2D eigenvalue weighted by Gasteiger charge is 2.17. The Morgan fingerprint density at radius 2 is 1.82 bits per heavy atom. The van der Waals surface area contributed by atoms with Crippen LogP contribution in [0.15, 0.2) is 0 Å². The van der Waals surface area contributed by atoms with Crippen molar-refractivity contribution < 1.29 is 4.79 Å². The fourth-order valence-corrected chi connectivity index (χ4v) is 3.27. The number of halogens is 1. The minimum atomic E-state index is 0.248. The molecule has 3 heteroatoms. The molecular weight excluding hydrogens is 278 g/mol. The van der Waals surface area contributed by atoms with E-state index in [4.69, 9.17) is 0 Å². The zero-order valence-electron chi connectivity index (χ0n) is 11.2. The van der Waals surface area contributed by atoms with Gasteiger partial charge in [0.1, 0.15) is 0 Å².